The van der Waals surface area contributed by atoms with Gasteiger partial charge < -0.3 is 14.7 Å². The lowest BCUT2D eigenvalue weighted by molar-refractivity contribution is 0.425. The van der Waals surface area contributed by atoms with E-state index in [1.807, 2.05) is 19.1 Å². The SMILES string of the molecule is Cc1noc(-c2ccc(N3CCCNCC3)cc2)n1. The van der Waals surface area contributed by atoms with E-state index in [1.54, 1.807) is 0 Å². The Morgan fingerprint density at radius 3 is 2.74 bits per heavy atom. The van der Waals surface area contributed by atoms with Crippen LogP contribution in [-0.2, 0) is 0 Å². The van der Waals surface area contributed by atoms with Gasteiger partial charge in [-0.05, 0) is 44.2 Å². The summed E-state index contributed by atoms with van der Waals surface area (Å²) in [5.41, 5.74) is 2.22. The largest absolute Gasteiger partial charge is 0.370 e. The number of hydrogen-bond acceptors (Lipinski definition) is 5. The quantitative estimate of drug-likeness (QED) is 0.891. The highest BCUT2D eigenvalue weighted by Crippen LogP contribution is 2.22. The molecule has 100 valence electrons. The van der Waals surface area contributed by atoms with Crippen molar-refractivity contribution in [3.8, 4) is 11.5 Å². The van der Waals surface area contributed by atoms with Crippen LogP contribution in [0.15, 0.2) is 28.8 Å². The second-order valence-corrected chi connectivity index (χ2v) is 4.78. The molecule has 5 heteroatoms. The van der Waals surface area contributed by atoms with Gasteiger partial charge >= 0.3 is 0 Å². The number of aryl methyl sites for hydroxylation is 1. The molecule has 1 aromatic heterocycles. The third-order valence-electron chi connectivity index (χ3n) is 3.35. The minimum Gasteiger partial charge on any atom is -0.370 e. The molecule has 0 spiro atoms. The minimum atomic E-state index is 0.585. The maximum Gasteiger partial charge on any atom is 0.257 e. The van der Waals surface area contributed by atoms with Crippen LogP contribution in [-0.4, -0.2) is 36.3 Å². The van der Waals surface area contributed by atoms with Crippen LogP contribution in [0.4, 0.5) is 5.69 Å². The lowest BCUT2D eigenvalue weighted by Gasteiger charge is -2.22. The fourth-order valence-corrected chi connectivity index (χ4v) is 2.33. The van der Waals surface area contributed by atoms with Crippen molar-refractivity contribution in [1.82, 2.24) is 15.5 Å². The first-order valence-corrected chi connectivity index (χ1v) is 6.69. The molecule has 0 amide bonds. The lowest BCUT2D eigenvalue weighted by atomic mass is 10.2. The van der Waals surface area contributed by atoms with Gasteiger partial charge in [-0.1, -0.05) is 5.16 Å². The highest BCUT2D eigenvalue weighted by atomic mass is 16.5. The molecule has 1 saturated heterocycles. The van der Waals surface area contributed by atoms with Gasteiger partial charge in [-0.15, -0.1) is 0 Å². The Bertz CT molecular complexity index is 527. The Kier molecular flexibility index (Phi) is 3.46. The van der Waals surface area contributed by atoms with E-state index >= 15 is 0 Å². The number of nitrogens with zero attached hydrogens (tertiary/aromatic N) is 3. The third kappa shape index (κ3) is 2.76. The predicted octanol–water partition coefficient (Wildman–Crippen LogP) is 1.84. The molecule has 0 bridgehead atoms. The molecular weight excluding hydrogens is 240 g/mol. The average molecular weight is 258 g/mol. The topological polar surface area (TPSA) is 54.2 Å². The van der Waals surface area contributed by atoms with E-state index in [0.717, 1.165) is 31.7 Å². The highest BCUT2D eigenvalue weighted by molar-refractivity contribution is 5.59. The van der Waals surface area contributed by atoms with Crippen LogP contribution in [0.3, 0.4) is 0 Å². The zero-order chi connectivity index (χ0) is 13.1. The van der Waals surface area contributed by atoms with Crippen molar-refractivity contribution >= 4 is 5.69 Å². The van der Waals surface area contributed by atoms with E-state index in [1.165, 1.54) is 12.1 Å². The van der Waals surface area contributed by atoms with E-state index < -0.39 is 0 Å². The van der Waals surface area contributed by atoms with Crippen LogP contribution >= 0.6 is 0 Å². The van der Waals surface area contributed by atoms with Crippen LogP contribution in [0, 0.1) is 6.92 Å². The Morgan fingerprint density at radius 2 is 2.00 bits per heavy atom. The lowest BCUT2D eigenvalue weighted by Crippen LogP contribution is -2.27. The monoisotopic (exact) mass is 258 g/mol. The maximum atomic E-state index is 5.17. The van der Waals surface area contributed by atoms with E-state index in [0.29, 0.717) is 11.7 Å². The Morgan fingerprint density at radius 1 is 1.16 bits per heavy atom. The second-order valence-electron chi connectivity index (χ2n) is 4.78. The molecule has 1 N–H and O–H groups in total. The number of aromatic nitrogens is 2. The molecule has 0 atom stereocenters. The molecule has 19 heavy (non-hydrogen) atoms. The number of benzene rings is 1. The maximum absolute atomic E-state index is 5.17. The summed E-state index contributed by atoms with van der Waals surface area (Å²) in [6.07, 6.45) is 1.19. The number of anilines is 1. The molecule has 1 aliphatic heterocycles. The van der Waals surface area contributed by atoms with Crippen LogP contribution < -0.4 is 10.2 Å². The van der Waals surface area contributed by atoms with Crippen molar-refractivity contribution in [2.45, 2.75) is 13.3 Å². The van der Waals surface area contributed by atoms with Crippen LogP contribution in [0.25, 0.3) is 11.5 Å². The summed E-state index contributed by atoms with van der Waals surface area (Å²) in [5, 5.41) is 7.22. The molecule has 3 rings (SSSR count). The predicted molar refractivity (Wildman–Crippen MR) is 74.2 cm³/mol. The van der Waals surface area contributed by atoms with Gasteiger partial charge in [0.1, 0.15) is 0 Å². The van der Waals surface area contributed by atoms with Gasteiger partial charge in [-0.2, -0.15) is 4.98 Å². The number of hydrogen-bond donors (Lipinski definition) is 1. The van der Waals surface area contributed by atoms with Gasteiger partial charge in [0.2, 0.25) is 0 Å². The fourth-order valence-electron chi connectivity index (χ4n) is 2.33. The van der Waals surface area contributed by atoms with Gasteiger partial charge in [0, 0.05) is 30.9 Å². The number of nitrogens with one attached hydrogen (secondary N) is 1. The zero-order valence-electron chi connectivity index (χ0n) is 11.1. The van der Waals surface area contributed by atoms with E-state index in [2.05, 4.69) is 32.5 Å². The Balaban J connectivity index is 1.78. The Hall–Kier alpha value is -1.88. The second kappa shape index (κ2) is 5.40. The molecule has 1 aliphatic rings. The van der Waals surface area contributed by atoms with Crippen molar-refractivity contribution < 1.29 is 4.52 Å². The summed E-state index contributed by atoms with van der Waals surface area (Å²) < 4.78 is 5.17. The molecule has 0 radical (unpaired) electrons. The van der Waals surface area contributed by atoms with Gasteiger partial charge in [0.25, 0.3) is 5.89 Å². The summed E-state index contributed by atoms with van der Waals surface area (Å²) in [7, 11) is 0. The zero-order valence-corrected chi connectivity index (χ0v) is 11.1. The van der Waals surface area contributed by atoms with E-state index in [9.17, 15) is 0 Å². The molecule has 2 heterocycles. The van der Waals surface area contributed by atoms with Gasteiger partial charge in [0.05, 0.1) is 0 Å². The van der Waals surface area contributed by atoms with E-state index in [4.69, 9.17) is 4.52 Å². The van der Waals surface area contributed by atoms with Crippen LogP contribution in [0.1, 0.15) is 12.2 Å². The first kappa shape index (κ1) is 12.2. The molecule has 1 aromatic carbocycles. The van der Waals surface area contributed by atoms with Gasteiger partial charge in [-0.3, -0.25) is 0 Å². The average Bonchev–Trinajstić information content (AvgIpc) is 2.72. The smallest absolute Gasteiger partial charge is 0.257 e. The van der Waals surface area contributed by atoms with Crippen molar-refractivity contribution in [2.24, 2.45) is 0 Å². The molecule has 0 aliphatic carbocycles. The van der Waals surface area contributed by atoms with Gasteiger partial charge in [-0.25, -0.2) is 0 Å². The summed E-state index contributed by atoms with van der Waals surface area (Å²) in [5.74, 6) is 1.25. The molecule has 0 unspecified atom stereocenters. The van der Waals surface area contributed by atoms with Crippen molar-refractivity contribution in [2.75, 3.05) is 31.1 Å². The molecular formula is C14H18N4O. The highest BCUT2D eigenvalue weighted by Gasteiger charge is 2.11. The van der Waals surface area contributed by atoms with Crippen molar-refractivity contribution in [3.05, 3.63) is 30.1 Å². The third-order valence-corrected chi connectivity index (χ3v) is 3.35. The molecule has 2 aromatic rings. The molecule has 5 nitrogen and oxygen atoms in total. The number of rotatable bonds is 2. The van der Waals surface area contributed by atoms with Gasteiger partial charge in [0.15, 0.2) is 5.82 Å². The van der Waals surface area contributed by atoms with Crippen molar-refractivity contribution in [3.63, 3.8) is 0 Å². The van der Waals surface area contributed by atoms with Crippen molar-refractivity contribution in [1.29, 1.82) is 0 Å². The summed E-state index contributed by atoms with van der Waals surface area (Å²) in [4.78, 5) is 6.64. The fraction of sp³-hybridized carbons (Fsp3) is 0.429. The van der Waals surface area contributed by atoms with E-state index in [-0.39, 0.29) is 0 Å². The Labute approximate surface area is 112 Å². The minimum absolute atomic E-state index is 0.585. The van der Waals surface area contributed by atoms with Crippen LogP contribution in [0.5, 0.6) is 0 Å². The first-order valence-electron chi connectivity index (χ1n) is 6.69. The molecule has 1 fully saturated rings. The molecule has 0 saturated carbocycles. The standard InChI is InChI=1S/C14H18N4O/c1-11-16-14(19-17-11)12-3-5-13(6-4-12)18-9-2-7-15-8-10-18/h3-6,15H,2,7-10H2,1H3. The van der Waals surface area contributed by atoms with Crippen LogP contribution in [0.2, 0.25) is 0 Å². The summed E-state index contributed by atoms with van der Waals surface area (Å²) in [6.45, 7) is 6.14. The first-order chi connectivity index (χ1) is 9.33. The summed E-state index contributed by atoms with van der Waals surface area (Å²) in [6, 6.07) is 8.33. The summed E-state index contributed by atoms with van der Waals surface area (Å²) >= 11 is 0. The normalized spacial score (nSPS) is 16.4.